The maximum absolute atomic E-state index is 13.7. The highest BCUT2D eigenvalue weighted by Crippen LogP contribution is 2.40. The van der Waals surface area contributed by atoms with Gasteiger partial charge < -0.3 is 10.2 Å². The summed E-state index contributed by atoms with van der Waals surface area (Å²) in [6.07, 6.45) is 1.86. The third-order valence-electron chi connectivity index (χ3n) is 7.66. The maximum Gasteiger partial charge on any atom is 0.417 e. The largest absolute Gasteiger partial charge is 0.417 e. The number of rotatable bonds is 6. The second kappa shape index (κ2) is 9.78. The number of alkyl halides is 3. The monoisotopic (exact) mass is 533 g/mol. The zero-order valence-electron chi connectivity index (χ0n) is 20.6. The zero-order chi connectivity index (χ0) is 26.4. The first-order valence-corrected chi connectivity index (χ1v) is 14.0. The Balaban J connectivity index is 1.49. The smallest absolute Gasteiger partial charge is 0.344 e. The van der Waals surface area contributed by atoms with Crippen LogP contribution in [0.15, 0.2) is 35.2 Å². The second-order valence-corrected chi connectivity index (χ2v) is 12.1. The molecule has 11 heteroatoms. The van der Waals surface area contributed by atoms with E-state index in [1.807, 2.05) is 22.6 Å². The van der Waals surface area contributed by atoms with E-state index < -0.39 is 39.4 Å². The van der Waals surface area contributed by atoms with Crippen molar-refractivity contribution in [1.82, 2.24) is 15.1 Å². The van der Waals surface area contributed by atoms with Gasteiger partial charge in [0.25, 0.3) is 0 Å². The van der Waals surface area contributed by atoms with Gasteiger partial charge in [0.15, 0.2) is 0 Å². The summed E-state index contributed by atoms with van der Waals surface area (Å²) in [5, 5.41) is 16.4. The van der Waals surface area contributed by atoms with E-state index >= 15 is 0 Å². The normalized spacial score (nSPS) is 24.5. The van der Waals surface area contributed by atoms with Crippen molar-refractivity contribution in [3.8, 4) is 6.07 Å². The number of carbonyl (C=O) groups excluding carboxylic acids is 1. The second-order valence-electron chi connectivity index (χ2n) is 10.4. The van der Waals surface area contributed by atoms with Crippen LogP contribution in [0.3, 0.4) is 0 Å². The highest BCUT2D eigenvalue weighted by molar-refractivity contribution is 7.85. The lowest BCUT2D eigenvalue weighted by molar-refractivity contribution is -0.139. The molecule has 1 aromatic carbocycles. The molecule has 5 rings (SSSR count). The Morgan fingerprint density at radius 1 is 1.22 bits per heavy atom. The average Bonchev–Trinajstić information content (AvgIpc) is 3.33. The van der Waals surface area contributed by atoms with E-state index in [1.54, 1.807) is 0 Å². The van der Waals surface area contributed by atoms with Gasteiger partial charge in [-0.15, -0.1) is 0 Å². The average molecular weight is 534 g/mol. The van der Waals surface area contributed by atoms with Crippen LogP contribution in [0, 0.1) is 18.3 Å². The Morgan fingerprint density at radius 2 is 1.92 bits per heavy atom. The molecule has 2 aromatic rings. The molecule has 198 valence electrons. The molecule has 3 atom stereocenters. The van der Waals surface area contributed by atoms with Crippen LogP contribution < -0.4 is 10.2 Å². The van der Waals surface area contributed by atoms with Crippen LogP contribution in [-0.2, 0) is 21.8 Å². The van der Waals surface area contributed by atoms with Crippen molar-refractivity contribution in [1.29, 1.82) is 5.26 Å². The Labute approximate surface area is 216 Å². The number of hydrogen-bond donors (Lipinski definition) is 1. The van der Waals surface area contributed by atoms with Gasteiger partial charge in [-0.05, 0) is 51.2 Å². The van der Waals surface area contributed by atoms with Crippen molar-refractivity contribution < 1.29 is 22.2 Å². The Hall–Kier alpha value is -2.87. The fourth-order valence-corrected chi connectivity index (χ4v) is 7.16. The number of nitrogens with zero attached hydrogens (tertiary/aromatic N) is 4. The molecule has 0 bridgehead atoms. The molecule has 1 unspecified atom stereocenters. The summed E-state index contributed by atoms with van der Waals surface area (Å²) in [7, 11) is -2.00. The zero-order valence-corrected chi connectivity index (χ0v) is 21.4. The molecular weight excluding hydrogens is 503 g/mol. The fourth-order valence-electron chi connectivity index (χ4n) is 5.53. The predicted octanol–water partition coefficient (Wildman–Crippen LogP) is 4.64. The molecule has 1 saturated heterocycles. The summed E-state index contributed by atoms with van der Waals surface area (Å²) in [5.41, 5.74) is -1.03. The van der Waals surface area contributed by atoms with E-state index in [4.69, 9.17) is 5.10 Å². The number of hydrogen-bond acceptors (Lipinski definition) is 5. The minimum atomic E-state index is -4.64. The summed E-state index contributed by atoms with van der Waals surface area (Å²) in [4.78, 5) is 15.0. The summed E-state index contributed by atoms with van der Waals surface area (Å²) in [5.74, 6) is 0.353. The number of anilines is 1. The van der Waals surface area contributed by atoms with E-state index in [0.29, 0.717) is 12.8 Å². The van der Waals surface area contributed by atoms with Gasteiger partial charge in [0.2, 0.25) is 5.91 Å². The van der Waals surface area contributed by atoms with Crippen molar-refractivity contribution >= 4 is 22.5 Å². The number of halogens is 3. The van der Waals surface area contributed by atoms with E-state index in [-0.39, 0.29) is 29.8 Å². The summed E-state index contributed by atoms with van der Waals surface area (Å²) in [6, 6.07) is 8.38. The predicted molar refractivity (Wildman–Crippen MR) is 132 cm³/mol. The van der Waals surface area contributed by atoms with Gasteiger partial charge in [-0.3, -0.25) is 9.00 Å². The molecular formula is C26H30F3N5O2S. The molecule has 0 radical (unpaired) electrons. The highest BCUT2D eigenvalue weighted by Gasteiger charge is 2.49. The fraction of sp³-hybridized carbons (Fsp3) is 0.577. The molecule has 2 heterocycles. The first-order chi connectivity index (χ1) is 17.6. The van der Waals surface area contributed by atoms with E-state index in [2.05, 4.69) is 11.4 Å². The van der Waals surface area contributed by atoms with E-state index in [9.17, 15) is 27.4 Å². The number of benzene rings is 1. The van der Waals surface area contributed by atoms with Gasteiger partial charge >= 0.3 is 6.18 Å². The molecule has 1 N–H and O–H groups in total. The SMILES string of the molecule is Cc1cc(N2C[C@H](S(=O)c3ccccc3C(F)(F)F)C[C@@H]2C(=O)NC2(C#N)CC2)n(C2CCCCC2)n1. The maximum atomic E-state index is 13.7. The first kappa shape index (κ1) is 25.8. The number of nitriles is 1. The van der Waals surface area contributed by atoms with Crippen molar-refractivity contribution in [3.05, 3.63) is 41.6 Å². The van der Waals surface area contributed by atoms with Gasteiger partial charge in [0.05, 0.1) is 44.3 Å². The van der Waals surface area contributed by atoms with Crippen LogP contribution in [0.5, 0.6) is 0 Å². The van der Waals surface area contributed by atoms with Crippen LogP contribution in [0.25, 0.3) is 0 Å². The highest BCUT2D eigenvalue weighted by atomic mass is 32.2. The standard InChI is InChI=1S/C26H30F3N5O2S/c1-17-13-23(34(32-17)18-7-3-2-4-8-18)33-15-19(14-21(33)24(35)31-25(16-30)11-12-25)37(36)22-10-6-5-9-20(22)26(27,28)29/h5-6,9-10,13,18-19,21H,2-4,7-8,11-12,14-15H2,1H3,(H,31,35)/t19-,21-,37?/m1/s1. The van der Waals surface area contributed by atoms with Crippen molar-refractivity contribution in [3.63, 3.8) is 0 Å². The quantitative estimate of drug-likeness (QED) is 0.584. The van der Waals surface area contributed by atoms with Gasteiger partial charge in [0.1, 0.15) is 17.4 Å². The van der Waals surface area contributed by atoms with Crippen LogP contribution in [0.1, 0.15) is 68.7 Å². The third kappa shape index (κ3) is 5.13. The Morgan fingerprint density at radius 3 is 2.57 bits per heavy atom. The summed E-state index contributed by atoms with van der Waals surface area (Å²) in [6.45, 7) is 2.02. The number of amides is 1. The Kier molecular flexibility index (Phi) is 6.81. The molecule has 1 aliphatic heterocycles. The Bertz CT molecular complexity index is 1240. The molecule has 3 aliphatic rings. The lowest BCUT2D eigenvalue weighted by Crippen LogP contribution is -2.48. The van der Waals surface area contributed by atoms with Gasteiger partial charge in [0, 0.05) is 12.6 Å². The molecule has 2 aliphatic carbocycles. The summed E-state index contributed by atoms with van der Waals surface area (Å²) >= 11 is 0. The minimum Gasteiger partial charge on any atom is -0.344 e. The number of aromatic nitrogens is 2. The van der Waals surface area contributed by atoms with Gasteiger partial charge in [-0.1, -0.05) is 31.4 Å². The van der Waals surface area contributed by atoms with E-state index in [1.165, 1.54) is 18.2 Å². The van der Waals surface area contributed by atoms with Crippen molar-refractivity contribution in [2.45, 2.75) is 92.2 Å². The molecule has 3 fully saturated rings. The number of carbonyl (C=O) groups is 1. The van der Waals surface area contributed by atoms with Gasteiger partial charge in [-0.25, -0.2) is 4.68 Å². The molecule has 1 amide bonds. The number of aryl methyl sites for hydroxylation is 1. The van der Waals surface area contributed by atoms with E-state index in [0.717, 1.165) is 49.7 Å². The third-order valence-corrected chi connectivity index (χ3v) is 9.39. The van der Waals surface area contributed by atoms with Gasteiger partial charge in [-0.2, -0.15) is 23.5 Å². The molecule has 0 spiro atoms. The molecule has 37 heavy (non-hydrogen) atoms. The first-order valence-electron chi connectivity index (χ1n) is 12.7. The van der Waals surface area contributed by atoms with Crippen LogP contribution in [0.4, 0.5) is 19.0 Å². The van der Waals surface area contributed by atoms with Crippen LogP contribution >= 0.6 is 0 Å². The lowest BCUT2D eigenvalue weighted by atomic mass is 9.96. The lowest BCUT2D eigenvalue weighted by Gasteiger charge is -2.30. The van der Waals surface area contributed by atoms with Crippen molar-refractivity contribution in [2.75, 3.05) is 11.4 Å². The van der Waals surface area contributed by atoms with Crippen LogP contribution in [0.2, 0.25) is 0 Å². The van der Waals surface area contributed by atoms with Crippen molar-refractivity contribution in [2.24, 2.45) is 0 Å². The number of nitrogens with one attached hydrogen (secondary N) is 1. The molecule has 1 aromatic heterocycles. The summed E-state index contributed by atoms with van der Waals surface area (Å²) < 4.78 is 56.6. The molecule has 7 nitrogen and oxygen atoms in total. The topological polar surface area (TPSA) is 91.0 Å². The van der Waals surface area contributed by atoms with Crippen LogP contribution in [-0.4, -0.2) is 43.3 Å². The molecule has 2 saturated carbocycles. The minimum absolute atomic E-state index is 0.112.